The fourth-order valence-electron chi connectivity index (χ4n) is 4.02. The fraction of sp³-hybridized carbons (Fsp3) is 0.480. The minimum absolute atomic E-state index is 0.0499. The van der Waals surface area contributed by atoms with Crippen LogP contribution in [-0.2, 0) is 14.3 Å². The Bertz CT molecular complexity index is 1070. The highest BCUT2D eigenvalue weighted by atomic mass is 16.5. The first-order valence-electron chi connectivity index (χ1n) is 11.7. The van der Waals surface area contributed by atoms with Crippen LogP contribution in [0.5, 0.6) is 5.75 Å². The second-order valence-corrected chi connectivity index (χ2v) is 8.83. The van der Waals surface area contributed by atoms with Crippen molar-refractivity contribution in [2.45, 2.75) is 26.0 Å². The van der Waals surface area contributed by atoms with Gasteiger partial charge in [-0.25, -0.2) is 4.98 Å². The minimum Gasteiger partial charge on any atom is -0.491 e. The Balaban J connectivity index is 1.94. The number of carbonyl (C=O) groups is 3. The van der Waals surface area contributed by atoms with Crippen LogP contribution in [-0.4, -0.2) is 97.2 Å². The van der Waals surface area contributed by atoms with Gasteiger partial charge in [-0.05, 0) is 19.1 Å². The number of methoxy groups -OCH3 is 2. The molecule has 3 amide bonds. The molecule has 1 aromatic heterocycles. The lowest BCUT2D eigenvalue weighted by molar-refractivity contribution is -0.139. The van der Waals surface area contributed by atoms with Crippen LogP contribution in [0.25, 0.3) is 0 Å². The predicted octanol–water partition coefficient (Wildman–Crippen LogP) is 1.71. The zero-order chi connectivity index (χ0) is 26.2. The van der Waals surface area contributed by atoms with Gasteiger partial charge in [0.15, 0.2) is 0 Å². The Labute approximate surface area is 210 Å². The lowest BCUT2D eigenvalue weighted by Gasteiger charge is -2.36. The molecule has 2 aromatic rings. The highest BCUT2D eigenvalue weighted by molar-refractivity contribution is 6.03. The highest BCUT2D eigenvalue weighted by Gasteiger charge is 2.30. The second-order valence-electron chi connectivity index (χ2n) is 8.83. The van der Waals surface area contributed by atoms with Crippen LogP contribution in [0.1, 0.15) is 34.7 Å². The monoisotopic (exact) mass is 499 g/mol. The summed E-state index contributed by atoms with van der Waals surface area (Å²) in [6.07, 6.45) is 3.97. The number of nitrogens with one attached hydrogen (secondary N) is 1. The van der Waals surface area contributed by atoms with Crippen LogP contribution in [0, 0.1) is 5.92 Å². The summed E-state index contributed by atoms with van der Waals surface area (Å²) in [5, 5.41) is 2.75. The molecule has 194 valence electrons. The first-order chi connectivity index (χ1) is 17.2. The number of benzene rings is 1. The van der Waals surface area contributed by atoms with E-state index >= 15 is 0 Å². The molecule has 0 saturated heterocycles. The van der Waals surface area contributed by atoms with Gasteiger partial charge in [-0.2, -0.15) is 0 Å². The zero-order valence-corrected chi connectivity index (χ0v) is 21.3. The number of aromatic nitrogens is 2. The van der Waals surface area contributed by atoms with Gasteiger partial charge in [0.25, 0.3) is 11.8 Å². The second kappa shape index (κ2) is 12.4. The Morgan fingerprint density at radius 1 is 1.19 bits per heavy atom. The van der Waals surface area contributed by atoms with E-state index in [-0.39, 0.29) is 54.5 Å². The molecule has 11 heteroatoms. The van der Waals surface area contributed by atoms with E-state index in [0.29, 0.717) is 24.3 Å². The van der Waals surface area contributed by atoms with Crippen LogP contribution in [0.3, 0.4) is 0 Å². The molecule has 1 N–H and O–H groups in total. The average Bonchev–Trinajstić information content (AvgIpc) is 2.88. The molecule has 0 radical (unpaired) electrons. The quantitative estimate of drug-likeness (QED) is 0.660. The van der Waals surface area contributed by atoms with E-state index in [1.807, 2.05) is 13.8 Å². The van der Waals surface area contributed by atoms with Gasteiger partial charge in [0.05, 0.1) is 23.9 Å². The van der Waals surface area contributed by atoms with Gasteiger partial charge in [-0.15, -0.1) is 0 Å². The molecule has 1 aliphatic heterocycles. The number of carbonyl (C=O) groups excluding carboxylic acids is 3. The molecule has 3 atom stereocenters. The SMILES string of the molecule is COCC(=O)N1C[C@@H](C)[C@@H](OC)CN(C)C(=O)c2ccc(NC(=O)c3cnccn3)cc2OC[C@H]1C. The Morgan fingerprint density at radius 2 is 1.97 bits per heavy atom. The maximum absolute atomic E-state index is 13.3. The summed E-state index contributed by atoms with van der Waals surface area (Å²) in [7, 11) is 4.76. The summed E-state index contributed by atoms with van der Waals surface area (Å²) in [4.78, 5) is 49.9. The first-order valence-corrected chi connectivity index (χ1v) is 11.7. The Kier molecular flexibility index (Phi) is 9.31. The van der Waals surface area contributed by atoms with Crippen molar-refractivity contribution in [1.82, 2.24) is 19.8 Å². The topological polar surface area (TPSA) is 123 Å². The number of hydrogen-bond acceptors (Lipinski definition) is 8. The molecule has 0 unspecified atom stereocenters. The number of hydrogen-bond donors (Lipinski definition) is 1. The number of ether oxygens (including phenoxy) is 3. The number of amides is 3. The van der Waals surface area contributed by atoms with Crippen molar-refractivity contribution in [2.75, 3.05) is 52.9 Å². The van der Waals surface area contributed by atoms with Gasteiger partial charge >= 0.3 is 0 Å². The minimum atomic E-state index is -0.443. The number of likely N-dealkylation sites (N-methyl/N-ethyl adjacent to an activating group) is 1. The van der Waals surface area contributed by atoms with Crippen molar-refractivity contribution in [2.24, 2.45) is 5.92 Å². The first kappa shape index (κ1) is 27.0. The normalized spacial score (nSPS) is 21.0. The summed E-state index contributed by atoms with van der Waals surface area (Å²) in [5.41, 5.74) is 0.915. The van der Waals surface area contributed by atoms with Crippen molar-refractivity contribution >= 4 is 23.4 Å². The third kappa shape index (κ3) is 6.55. The summed E-state index contributed by atoms with van der Waals surface area (Å²) >= 11 is 0. The van der Waals surface area contributed by atoms with Gasteiger partial charge in [-0.1, -0.05) is 6.92 Å². The summed E-state index contributed by atoms with van der Waals surface area (Å²) in [5.74, 6) is -0.613. The van der Waals surface area contributed by atoms with E-state index in [9.17, 15) is 14.4 Å². The number of anilines is 1. The molecule has 3 rings (SSSR count). The van der Waals surface area contributed by atoms with Crippen molar-refractivity contribution in [3.05, 3.63) is 48.0 Å². The highest BCUT2D eigenvalue weighted by Crippen LogP contribution is 2.27. The molecule has 1 aliphatic rings. The van der Waals surface area contributed by atoms with E-state index in [4.69, 9.17) is 14.2 Å². The molecular weight excluding hydrogens is 466 g/mol. The zero-order valence-electron chi connectivity index (χ0n) is 21.3. The van der Waals surface area contributed by atoms with Crippen molar-refractivity contribution in [3.8, 4) is 5.75 Å². The maximum atomic E-state index is 13.3. The van der Waals surface area contributed by atoms with Gasteiger partial charge in [0.2, 0.25) is 5.91 Å². The van der Waals surface area contributed by atoms with Crippen molar-refractivity contribution < 1.29 is 28.6 Å². The molecule has 0 spiro atoms. The van der Waals surface area contributed by atoms with E-state index in [0.717, 1.165) is 0 Å². The third-order valence-corrected chi connectivity index (χ3v) is 6.09. The molecule has 1 aromatic carbocycles. The van der Waals surface area contributed by atoms with Crippen LogP contribution < -0.4 is 10.1 Å². The summed E-state index contributed by atoms with van der Waals surface area (Å²) < 4.78 is 16.8. The Hall–Kier alpha value is -3.57. The van der Waals surface area contributed by atoms with E-state index in [1.54, 1.807) is 42.2 Å². The van der Waals surface area contributed by atoms with E-state index in [2.05, 4.69) is 15.3 Å². The van der Waals surface area contributed by atoms with Crippen molar-refractivity contribution in [1.29, 1.82) is 0 Å². The number of rotatable bonds is 5. The fourth-order valence-corrected chi connectivity index (χ4v) is 4.02. The van der Waals surface area contributed by atoms with Crippen LogP contribution >= 0.6 is 0 Å². The van der Waals surface area contributed by atoms with Gasteiger partial charge < -0.3 is 29.3 Å². The van der Waals surface area contributed by atoms with Crippen LogP contribution in [0.4, 0.5) is 5.69 Å². The molecule has 0 aliphatic carbocycles. The molecule has 11 nitrogen and oxygen atoms in total. The Morgan fingerprint density at radius 3 is 2.64 bits per heavy atom. The van der Waals surface area contributed by atoms with Crippen molar-refractivity contribution in [3.63, 3.8) is 0 Å². The molecule has 0 fully saturated rings. The molecule has 0 saturated carbocycles. The smallest absolute Gasteiger partial charge is 0.275 e. The number of fused-ring (bicyclic) bond motifs is 1. The lowest BCUT2D eigenvalue weighted by atomic mass is 10.0. The molecular formula is C25H33N5O6. The van der Waals surface area contributed by atoms with Gasteiger partial charge in [-0.3, -0.25) is 19.4 Å². The van der Waals surface area contributed by atoms with Gasteiger partial charge in [0, 0.05) is 64.4 Å². The molecule has 2 heterocycles. The summed E-state index contributed by atoms with van der Waals surface area (Å²) in [6, 6.07) is 4.51. The number of nitrogens with zero attached hydrogens (tertiary/aromatic N) is 4. The van der Waals surface area contributed by atoms with E-state index < -0.39 is 5.91 Å². The lowest BCUT2D eigenvalue weighted by Crippen LogP contribution is -2.49. The molecule has 36 heavy (non-hydrogen) atoms. The van der Waals surface area contributed by atoms with Gasteiger partial charge in [0.1, 0.15) is 24.7 Å². The largest absolute Gasteiger partial charge is 0.491 e. The summed E-state index contributed by atoms with van der Waals surface area (Å²) in [6.45, 7) is 4.67. The standard InChI is InChI=1S/C25H33N5O6/c1-16-12-30(23(31)15-34-4)17(2)14-36-21-10-18(28-24(32)20-11-26-8-9-27-20)6-7-19(21)25(33)29(3)13-22(16)35-5/h6-11,16-17,22H,12-15H2,1-5H3,(H,28,32)/t16-,17-,22+/m1/s1. The van der Waals surface area contributed by atoms with E-state index in [1.165, 1.54) is 25.7 Å². The van der Waals surface area contributed by atoms with Crippen LogP contribution in [0.2, 0.25) is 0 Å². The average molecular weight is 500 g/mol. The van der Waals surface area contributed by atoms with Crippen LogP contribution in [0.15, 0.2) is 36.8 Å². The third-order valence-electron chi connectivity index (χ3n) is 6.09. The molecule has 0 bridgehead atoms. The maximum Gasteiger partial charge on any atom is 0.275 e. The predicted molar refractivity (Wildman–Crippen MR) is 132 cm³/mol.